The molecule has 24 heavy (non-hydrogen) atoms. The molecule has 0 saturated carbocycles. The van der Waals surface area contributed by atoms with Crippen molar-refractivity contribution in [2.24, 2.45) is 16.5 Å². The lowest BCUT2D eigenvalue weighted by Crippen LogP contribution is -2.37. The van der Waals surface area contributed by atoms with Crippen molar-refractivity contribution in [2.75, 3.05) is 0 Å². The first kappa shape index (κ1) is 17.2. The Morgan fingerprint density at radius 2 is 1.38 bits per heavy atom. The fraction of sp³-hybridized carbons (Fsp3) is 0.167. The number of rotatable bonds is 6. The first-order chi connectivity index (χ1) is 11.5. The van der Waals surface area contributed by atoms with Gasteiger partial charge in [0.05, 0.1) is 5.84 Å². The van der Waals surface area contributed by atoms with Crippen molar-refractivity contribution in [3.63, 3.8) is 0 Å². The van der Waals surface area contributed by atoms with Crippen LogP contribution in [0.5, 0.6) is 0 Å². The van der Waals surface area contributed by atoms with Crippen molar-refractivity contribution in [3.05, 3.63) is 71.8 Å². The van der Waals surface area contributed by atoms with Crippen molar-refractivity contribution >= 4 is 17.6 Å². The molecule has 0 bridgehead atoms. The summed E-state index contributed by atoms with van der Waals surface area (Å²) in [6, 6.07) is 16.5. The van der Waals surface area contributed by atoms with Crippen LogP contribution in [0.15, 0.2) is 65.7 Å². The Labute approximate surface area is 140 Å². The van der Waals surface area contributed by atoms with Gasteiger partial charge in [0.1, 0.15) is 6.04 Å². The second-order valence-corrected chi connectivity index (χ2v) is 5.32. The fourth-order valence-corrected chi connectivity index (χ4v) is 2.34. The average Bonchev–Trinajstić information content (AvgIpc) is 2.58. The van der Waals surface area contributed by atoms with Gasteiger partial charge in [-0.15, -0.1) is 0 Å². The Morgan fingerprint density at radius 1 is 0.875 bits per heavy atom. The van der Waals surface area contributed by atoms with Crippen LogP contribution in [-0.2, 0) is 9.59 Å². The molecule has 124 valence electrons. The minimum Gasteiger partial charge on any atom is -0.368 e. The van der Waals surface area contributed by atoms with Crippen molar-refractivity contribution in [1.29, 1.82) is 0 Å². The molecule has 0 radical (unpaired) electrons. The molecule has 2 amide bonds. The van der Waals surface area contributed by atoms with Gasteiger partial charge in [-0.25, -0.2) is 0 Å². The van der Waals surface area contributed by atoms with Crippen molar-refractivity contribution in [1.82, 2.24) is 5.32 Å². The van der Waals surface area contributed by atoms with Gasteiger partial charge in [0, 0.05) is 0 Å². The number of primary amides is 2. The quantitative estimate of drug-likeness (QED) is 0.552. The van der Waals surface area contributed by atoms with Crippen LogP contribution < -0.4 is 16.8 Å². The number of hydrogen-bond acceptors (Lipinski definition) is 3. The molecule has 0 fully saturated rings. The van der Waals surface area contributed by atoms with E-state index in [9.17, 15) is 9.59 Å². The molecule has 0 heterocycles. The predicted molar refractivity (Wildman–Crippen MR) is 93.0 cm³/mol. The Bertz CT molecular complexity index is 729. The first-order valence-corrected chi connectivity index (χ1v) is 7.48. The molecular formula is C18H20N4O2. The van der Waals surface area contributed by atoms with Crippen molar-refractivity contribution in [2.45, 2.75) is 19.0 Å². The van der Waals surface area contributed by atoms with Crippen LogP contribution in [0.2, 0.25) is 0 Å². The Balaban J connectivity index is 2.24. The number of nitrogens with two attached hydrogens (primary N) is 2. The van der Waals surface area contributed by atoms with Gasteiger partial charge in [-0.1, -0.05) is 60.7 Å². The van der Waals surface area contributed by atoms with E-state index in [1.54, 1.807) is 43.3 Å². The normalized spacial score (nSPS) is 13.8. The lowest BCUT2D eigenvalue weighted by Gasteiger charge is -2.18. The zero-order chi connectivity index (χ0) is 17.5. The van der Waals surface area contributed by atoms with Gasteiger partial charge in [0.25, 0.3) is 0 Å². The molecule has 0 aliphatic rings. The third-order valence-electron chi connectivity index (χ3n) is 3.48. The standard InChI is InChI=1S/C18H20N4O2/c1-12(21-15(17(19)23)13-8-4-2-5-9-13)22-16(18(20)24)14-10-6-3-7-11-14/h2-11,15-16H,1H3,(H2,19,23)(H2,20,24)(H,21,22). The van der Waals surface area contributed by atoms with Crippen molar-refractivity contribution < 1.29 is 9.59 Å². The smallest absolute Gasteiger partial charge is 0.246 e. The van der Waals surface area contributed by atoms with E-state index in [4.69, 9.17) is 11.5 Å². The summed E-state index contributed by atoms with van der Waals surface area (Å²) >= 11 is 0. The molecule has 0 aromatic heterocycles. The lowest BCUT2D eigenvalue weighted by molar-refractivity contribution is -0.120. The number of amides is 2. The van der Waals surface area contributed by atoms with Gasteiger partial charge < -0.3 is 16.8 Å². The molecule has 2 atom stereocenters. The van der Waals surface area contributed by atoms with Crippen LogP contribution in [-0.4, -0.2) is 17.6 Å². The molecule has 2 rings (SSSR count). The van der Waals surface area contributed by atoms with E-state index >= 15 is 0 Å². The number of nitrogens with zero attached hydrogens (tertiary/aromatic N) is 1. The number of amidine groups is 1. The van der Waals surface area contributed by atoms with E-state index in [0.29, 0.717) is 11.4 Å². The maximum atomic E-state index is 11.7. The predicted octanol–water partition coefficient (Wildman–Crippen LogP) is 1.45. The molecule has 5 N–H and O–H groups in total. The van der Waals surface area contributed by atoms with Crippen LogP contribution >= 0.6 is 0 Å². The maximum Gasteiger partial charge on any atom is 0.246 e. The van der Waals surface area contributed by atoms with E-state index in [1.165, 1.54) is 0 Å². The SMILES string of the molecule is C/C(=N\C(C(N)=O)c1ccccc1)NC(C(N)=O)c1ccccc1. The molecule has 6 heteroatoms. The first-order valence-electron chi connectivity index (χ1n) is 7.48. The third kappa shape index (κ3) is 4.42. The van der Waals surface area contributed by atoms with Crippen molar-refractivity contribution in [3.8, 4) is 0 Å². The Hall–Kier alpha value is -3.15. The van der Waals surface area contributed by atoms with E-state index in [-0.39, 0.29) is 0 Å². The minimum atomic E-state index is -0.831. The number of nitrogens with one attached hydrogen (secondary N) is 1. The van der Waals surface area contributed by atoms with Gasteiger partial charge in [0.15, 0.2) is 6.04 Å². The summed E-state index contributed by atoms with van der Waals surface area (Å²) in [7, 11) is 0. The summed E-state index contributed by atoms with van der Waals surface area (Å²) in [5.41, 5.74) is 12.3. The monoisotopic (exact) mass is 324 g/mol. The van der Waals surface area contributed by atoms with E-state index < -0.39 is 23.9 Å². The maximum absolute atomic E-state index is 11.7. The summed E-state index contributed by atoms with van der Waals surface area (Å²) in [5.74, 6) is -0.709. The lowest BCUT2D eigenvalue weighted by atomic mass is 10.1. The topological polar surface area (TPSA) is 111 Å². The Morgan fingerprint density at radius 3 is 1.83 bits per heavy atom. The molecule has 6 nitrogen and oxygen atoms in total. The van der Waals surface area contributed by atoms with Crippen LogP contribution in [0.25, 0.3) is 0 Å². The zero-order valence-electron chi connectivity index (χ0n) is 13.3. The molecule has 0 spiro atoms. The van der Waals surface area contributed by atoms with Crippen LogP contribution in [0.1, 0.15) is 30.1 Å². The zero-order valence-corrected chi connectivity index (χ0v) is 13.3. The van der Waals surface area contributed by atoms with Gasteiger partial charge in [-0.2, -0.15) is 0 Å². The highest BCUT2D eigenvalue weighted by molar-refractivity contribution is 5.91. The van der Waals surface area contributed by atoms with Crippen LogP contribution in [0.4, 0.5) is 0 Å². The second kappa shape index (κ2) is 7.92. The highest BCUT2D eigenvalue weighted by Crippen LogP contribution is 2.18. The van der Waals surface area contributed by atoms with E-state index in [2.05, 4.69) is 10.3 Å². The number of hydrogen-bond donors (Lipinski definition) is 3. The number of benzene rings is 2. The molecule has 0 saturated heterocycles. The summed E-state index contributed by atoms with van der Waals surface area (Å²) in [4.78, 5) is 27.8. The highest BCUT2D eigenvalue weighted by atomic mass is 16.2. The molecule has 0 aliphatic heterocycles. The number of carbonyl (C=O) groups excluding carboxylic acids is 2. The van der Waals surface area contributed by atoms with E-state index in [1.807, 2.05) is 24.3 Å². The van der Waals surface area contributed by atoms with Gasteiger partial charge in [-0.3, -0.25) is 14.6 Å². The summed E-state index contributed by atoms with van der Waals surface area (Å²) in [5, 5.41) is 2.96. The third-order valence-corrected chi connectivity index (χ3v) is 3.48. The second-order valence-electron chi connectivity index (χ2n) is 5.32. The highest BCUT2D eigenvalue weighted by Gasteiger charge is 2.20. The summed E-state index contributed by atoms with van der Waals surface area (Å²) < 4.78 is 0. The fourth-order valence-electron chi connectivity index (χ4n) is 2.34. The molecule has 2 aromatic rings. The number of carbonyl (C=O) groups is 2. The van der Waals surface area contributed by atoms with E-state index in [0.717, 1.165) is 5.56 Å². The van der Waals surface area contributed by atoms with Crippen LogP contribution in [0.3, 0.4) is 0 Å². The largest absolute Gasteiger partial charge is 0.368 e. The minimum absolute atomic E-state index is 0.398. The summed E-state index contributed by atoms with van der Waals surface area (Å²) in [6.45, 7) is 1.66. The van der Waals surface area contributed by atoms with Gasteiger partial charge in [-0.05, 0) is 18.1 Å². The number of aliphatic imine (C=N–C) groups is 1. The molecule has 2 unspecified atom stereocenters. The van der Waals surface area contributed by atoms with Gasteiger partial charge >= 0.3 is 0 Å². The molecule has 0 aliphatic carbocycles. The van der Waals surface area contributed by atoms with Gasteiger partial charge in [0.2, 0.25) is 11.8 Å². The summed E-state index contributed by atoms with van der Waals surface area (Å²) in [6.07, 6.45) is 0. The molecular weight excluding hydrogens is 304 g/mol. The Kier molecular flexibility index (Phi) is 5.68. The molecule has 2 aromatic carbocycles. The van der Waals surface area contributed by atoms with Crippen LogP contribution in [0, 0.1) is 0 Å². The average molecular weight is 324 g/mol.